The third-order valence-electron chi connectivity index (χ3n) is 5.31. The van der Waals surface area contributed by atoms with Gasteiger partial charge in [0.1, 0.15) is 5.54 Å². The van der Waals surface area contributed by atoms with Gasteiger partial charge in [-0.2, -0.15) is 0 Å². The second-order valence-corrected chi connectivity index (χ2v) is 7.89. The molecule has 6 heteroatoms. The van der Waals surface area contributed by atoms with Gasteiger partial charge in [-0.3, -0.25) is 4.79 Å². The zero-order valence-corrected chi connectivity index (χ0v) is 17.2. The minimum Gasteiger partial charge on any atom is -0.464 e. The molecule has 1 aromatic carbocycles. The lowest BCUT2D eigenvalue weighted by molar-refractivity contribution is -0.155. The molecular weight excluding hydrogens is 373 g/mol. The number of ether oxygens (including phenoxy) is 1. The van der Waals surface area contributed by atoms with Gasteiger partial charge in [0.15, 0.2) is 0 Å². The molecule has 0 spiro atoms. The number of halogens is 2. The van der Waals surface area contributed by atoms with Gasteiger partial charge < -0.3 is 10.1 Å². The molecule has 0 unspecified atom stereocenters. The molecule has 144 valence electrons. The molecule has 26 heavy (non-hydrogen) atoms. The minimum absolute atomic E-state index is 0.154. The van der Waals surface area contributed by atoms with Crippen LogP contribution >= 0.6 is 23.2 Å². The van der Waals surface area contributed by atoms with Crippen molar-refractivity contribution in [1.29, 1.82) is 0 Å². The Kier molecular flexibility index (Phi) is 7.36. The summed E-state index contributed by atoms with van der Waals surface area (Å²) in [6, 6.07) is 3.46. The maximum absolute atomic E-state index is 12.7. The number of hydrogen-bond acceptors (Lipinski definition) is 3. The number of amides is 1. The Balaban J connectivity index is 2.14. The lowest BCUT2D eigenvalue weighted by Gasteiger charge is -2.38. The van der Waals surface area contributed by atoms with Gasteiger partial charge >= 0.3 is 5.97 Å². The van der Waals surface area contributed by atoms with Crippen LogP contribution in [0.3, 0.4) is 0 Å². The molecule has 0 radical (unpaired) electrons. The van der Waals surface area contributed by atoms with Gasteiger partial charge in [0.2, 0.25) is 5.91 Å². The van der Waals surface area contributed by atoms with Crippen molar-refractivity contribution in [2.45, 2.75) is 64.8 Å². The fourth-order valence-electron chi connectivity index (χ4n) is 3.59. The molecule has 0 saturated heterocycles. The predicted octanol–water partition coefficient (Wildman–Crippen LogP) is 4.86. The van der Waals surface area contributed by atoms with Crippen LogP contribution in [0.15, 0.2) is 12.1 Å². The highest BCUT2D eigenvalue weighted by Crippen LogP contribution is 2.35. The number of esters is 1. The van der Waals surface area contributed by atoms with Crippen LogP contribution < -0.4 is 5.32 Å². The smallest absolute Gasteiger partial charge is 0.331 e. The summed E-state index contributed by atoms with van der Waals surface area (Å²) in [5, 5.41) is 3.87. The molecule has 1 fully saturated rings. The second kappa shape index (κ2) is 9.09. The van der Waals surface area contributed by atoms with Crippen LogP contribution in [-0.4, -0.2) is 24.0 Å². The Bertz CT molecular complexity index is 667. The molecular formula is C20H27Cl2NO3. The summed E-state index contributed by atoms with van der Waals surface area (Å²) in [5.74, 6) is 0.0787. The maximum Gasteiger partial charge on any atom is 0.331 e. The molecule has 1 aromatic rings. The third kappa shape index (κ3) is 4.92. The van der Waals surface area contributed by atoms with Crippen LogP contribution in [0.4, 0.5) is 0 Å². The summed E-state index contributed by atoms with van der Waals surface area (Å²) in [7, 11) is 0. The average Bonchev–Trinajstić information content (AvgIpc) is 2.60. The lowest BCUT2D eigenvalue weighted by atomic mass is 9.75. The van der Waals surface area contributed by atoms with Crippen molar-refractivity contribution >= 4 is 35.1 Å². The van der Waals surface area contributed by atoms with Gasteiger partial charge in [-0.15, -0.1) is 0 Å². The Morgan fingerprint density at radius 2 is 1.81 bits per heavy atom. The first-order chi connectivity index (χ1) is 12.3. The van der Waals surface area contributed by atoms with E-state index in [0.29, 0.717) is 35.4 Å². The van der Waals surface area contributed by atoms with Gasteiger partial charge in [0.25, 0.3) is 0 Å². The highest BCUT2D eigenvalue weighted by Gasteiger charge is 2.44. The number of rotatable bonds is 6. The molecule has 1 saturated carbocycles. The molecule has 0 aliphatic heterocycles. The van der Waals surface area contributed by atoms with Crippen molar-refractivity contribution in [3.05, 3.63) is 33.3 Å². The van der Waals surface area contributed by atoms with E-state index in [-0.39, 0.29) is 18.3 Å². The molecule has 1 N–H and O–H groups in total. The van der Waals surface area contributed by atoms with Crippen LogP contribution in [0.5, 0.6) is 0 Å². The predicted molar refractivity (Wildman–Crippen MR) is 105 cm³/mol. The molecule has 0 heterocycles. The Labute approximate surface area is 165 Å². The Morgan fingerprint density at radius 1 is 1.19 bits per heavy atom. The van der Waals surface area contributed by atoms with E-state index >= 15 is 0 Å². The highest BCUT2D eigenvalue weighted by atomic mass is 35.5. The van der Waals surface area contributed by atoms with Crippen molar-refractivity contribution < 1.29 is 14.3 Å². The SMILES string of the molecule is CCOC(=O)C1(NC(=O)Cc2cc(Cl)c(Cl)cc2C)CCC(CC)CC1. The van der Waals surface area contributed by atoms with E-state index in [1.165, 1.54) is 0 Å². The van der Waals surface area contributed by atoms with Gasteiger partial charge in [-0.1, -0.05) is 36.5 Å². The minimum atomic E-state index is -0.914. The van der Waals surface area contributed by atoms with Crippen molar-refractivity contribution in [1.82, 2.24) is 5.32 Å². The first kappa shape index (κ1) is 21.0. The summed E-state index contributed by atoms with van der Waals surface area (Å²) in [5.41, 5.74) is 0.788. The standard InChI is InChI=1S/C20H27Cl2NO3/c1-4-14-6-8-20(9-7-14,19(25)26-5-2)23-18(24)12-15-11-17(22)16(21)10-13(15)3/h10-11,14H,4-9,12H2,1-3H3,(H,23,24). The summed E-state index contributed by atoms with van der Waals surface area (Å²) >= 11 is 12.1. The van der Waals surface area contributed by atoms with Gasteiger partial charge in [-0.25, -0.2) is 4.79 Å². The normalized spacial score (nSPS) is 22.7. The molecule has 1 amide bonds. The van der Waals surface area contributed by atoms with E-state index in [0.717, 1.165) is 30.4 Å². The molecule has 1 aliphatic rings. The molecule has 2 rings (SSSR count). The molecule has 1 aliphatic carbocycles. The third-order valence-corrected chi connectivity index (χ3v) is 6.03. The van der Waals surface area contributed by atoms with E-state index in [2.05, 4.69) is 12.2 Å². The van der Waals surface area contributed by atoms with E-state index in [9.17, 15) is 9.59 Å². The van der Waals surface area contributed by atoms with Gasteiger partial charge in [0.05, 0.1) is 23.1 Å². The van der Waals surface area contributed by atoms with Crippen LogP contribution in [0.1, 0.15) is 57.1 Å². The van der Waals surface area contributed by atoms with Gasteiger partial charge in [0, 0.05) is 0 Å². The topological polar surface area (TPSA) is 55.4 Å². The molecule has 4 nitrogen and oxygen atoms in total. The Morgan fingerprint density at radius 3 is 2.38 bits per heavy atom. The van der Waals surface area contributed by atoms with Crippen LogP contribution in [0, 0.1) is 12.8 Å². The number of benzene rings is 1. The maximum atomic E-state index is 12.7. The van der Waals surface area contributed by atoms with E-state index in [4.69, 9.17) is 27.9 Å². The summed E-state index contributed by atoms with van der Waals surface area (Å²) < 4.78 is 5.27. The first-order valence-electron chi connectivity index (χ1n) is 9.24. The number of hydrogen-bond donors (Lipinski definition) is 1. The molecule has 0 aromatic heterocycles. The van der Waals surface area contributed by atoms with Crippen LogP contribution in [-0.2, 0) is 20.7 Å². The number of nitrogens with one attached hydrogen (secondary N) is 1. The number of carbonyl (C=O) groups excluding carboxylic acids is 2. The second-order valence-electron chi connectivity index (χ2n) is 7.07. The summed E-state index contributed by atoms with van der Waals surface area (Å²) in [6.45, 7) is 6.13. The van der Waals surface area contributed by atoms with Crippen molar-refractivity contribution in [3.63, 3.8) is 0 Å². The quantitative estimate of drug-likeness (QED) is 0.694. The average molecular weight is 400 g/mol. The van der Waals surface area contributed by atoms with E-state index in [1.807, 2.05) is 6.92 Å². The van der Waals surface area contributed by atoms with Crippen molar-refractivity contribution in [2.24, 2.45) is 5.92 Å². The van der Waals surface area contributed by atoms with E-state index in [1.54, 1.807) is 19.1 Å². The zero-order valence-electron chi connectivity index (χ0n) is 15.7. The summed E-state index contributed by atoms with van der Waals surface area (Å²) in [6.07, 6.45) is 4.33. The van der Waals surface area contributed by atoms with Crippen molar-refractivity contribution in [3.8, 4) is 0 Å². The van der Waals surface area contributed by atoms with Crippen LogP contribution in [0.25, 0.3) is 0 Å². The number of carbonyl (C=O) groups is 2. The monoisotopic (exact) mass is 399 g/mol. The summed E-state index contributed by atoms with van der Waals surface area (Å²) in [4.78, 5) is 25.3. The van der Waals surface area contributed by atoms with Crippen molar-refractivity contribution in [2.75, 3.05) is 6.61 Å². The highest BCUT2D eigenvalue weighted by molar-refractivity contribution is 6.42. The lowest BCUT2D eigenvalue weighted by Crippen LogP contribution is -2.57. The Hall–Kier alpha value is -1.26. The zero-order chi connectivity index (χ0) is 19.3. The fourth-order valence-corrected chi connectivity index (χ4v) is 3.99. The van der Waals surface area contributed by atoms with E-state index < -0.39 is 5.54 Å². The number of aryl methyl sites for hydroxylation is 1. The largest absolute Gasteiger partial charge is 0.464 e. The van der Waals surface area contributed by atoms with Gasteiger partial charge in [-0.05, 0) is 68.7 Å². The first-order valence-corrected chi connectivity index (χ1v) is 9.99. The fraction of sp³-hybridized carbons (Fsp3) is 0.600. The molecule has 0 bridgehead atoms. The van der Waals surface area contributed by atoms with Crippen LogP contribution in [0.2, 0.25) is 10.0 Å². The molecule has 0 atom stereocenters.